The van der Waals surface area contributed by atoms with E-state index < -0.39 is 24.5 Å². The van der Waals surface area contributed by atoms with E-state index >= 15 is 0 Å². The highest BCUT2D eigenvalue weighted by Gasteiger charge is 2.28. The van der Waals surface area contributed by atoms with Gasteiger partial charge < -0.3 is 10.6 Å². The molecule has 2 amide bonds. The summed E-state index contributed by atoms with van der Waals surface area (Å²) in [6, 6.07) is 10.2. The Morgan fingerprint density at radius 2 is 1.79 bits per heavy atom. The van der Waals surface area contributed by atoms with Gasteiger partial charge in [-0.1, -0.05) is 12.5 Å². The molecule has 1 aromatic heterocycles. The van der Waals surface area contributed by atoms with Gasteiger partial charge in [0.15, 0.2) is 0 Å². The molecular formula is C23H21F3N4O3. The van der Waals surface area contributed by atoms with Crippen molar-refractivity contribution in [2.24, 2.45) is 0 Å². The van der Waals surface area contributed by atoms with E-state index in [4.69, 9.17) is 0 Å². The van der Waals surface area contributed by atoms with Crippen LogP contribution in [0.4, 0.5) is 18.9 Å². The van der Waals surface area contributed by atoms with E-state index in [0.717, 1.165) is 19.3 Å². The van der Waals surface area contributed by atoms with Crippen molar-refractivity contribution in [3.05, 3.63) is 69.8 Å². The number of alkyl halides is 3. The molecule has 172 valence electrons. The van der Waals surface area contributed by atoms with Crippen LogP contribution < -0.4 is 16.2 Å². The molecule has 0 atom stereocenters. The lowest BCUT2D eigenvalue weighted by atomic mass is 10.1. The van der Waals surface area contributed by atoms with Gasteiger partial charge in [-0.3, -0.25) is 19.0 Å². The van der Waals surface area contributed by atoms with Crippen LogP contribution in [0.3, 0.4) is 0 Å². The third-order valence-electron chi connectivity index (χ3n) is 5.41. The zero-order valence-corrected chi connectivity index (χ0v) is 17.5. The molecule has 0 unspecified atom stereocenters. The predicted octanol–water partition coefficient (Wildman–Crippen LogP) is 3.67. The Kier molecular flexibility index (Phi) is 6.17. The van der Waals surface area contributed by atoms with Crippen molar-refractivity contribution >= 4 is 28.4 Å². The number of fused-ring (bicyclic) bond motifs is 2. The zero-order valence-electron chi connectivity index (χ0n) is 17.5. The molecule has 2 aromatic carbocycles. The number of aryl methyl sites for hydroxylation is 1. The highest BCUT2D eigenvalue weighted by Crippen LogP contribution is 2.18. The minimum atomic E-state index is -4.52. The minimum Gasteiger partial charge on any atom is -0.343 e. The first kappa shape index (κ1) is 22.5. The fraction of sp³-hybridized carbons (Fsp3) is 0.304. The summed E-state index contributed by atoms with van der Waals surface area (Å²) in [6.45, 7) is -0.817. The van der Waals surface area contributed by atoms with Gasteiger partial charge in [0.25, 0.3) is 17.4 Å². The first-order chi connectivity index (χ1) is 15.7. The van der Waals surface area contributed by atoms with Crippen LogP contribution in [0.2, 0.25) is 0 Å². The van der Waals surface area contributed by atoms with Crippen LogP contribution in [-0.4, -0.2) is 34.1 Å². The maximum atomic E-state index is 12.8. The van der Waals surface area contributed by atoms with Crippen molar-refractivity contribution in [2.75, 3.05) is 11.9 Å². The van der Waals surface area contributed by atoms with Crippen molar-refractivity contribution in [1.29, 1.82) is 0 Å². The number of rotatable bonds is 4. The van der Waals surface area contributed by atoms with Gasteiger partial charge in [0, 0.05) is 29.8 Å². The fourth-order valence-electron chi connectivity index (χ4n) is 3.78. The van der Waals surface area contributed by atoms with Crippen LogP contribution in [0, 0.1) is 0 Å². The highest BCUT2D eigenvalue weighted by molar-refractivity contribution is 6.06. The third-order valence-corrected chi connectivity index (χ3v) is 5.41. The molecule has 0 aliphatic carbocycles. The van der Waals surface area contributed by atoms with E-state index in [2.05, 4.69) is 10.3 Å². The van der Waals surface area contributed by atoms with Crippen molar-refractivity contribution in [1.82, 2.24) is 14.9 Å². The van der Waals surface area contributed by atoms with Crippen molar-refractivity contribution in [3.63, 3.8) is 0 Å². The number of hydrogen-bond acceptors (Lipinski definition) is 4. The lowest BCUT2D eigenvalue weighted by Crippen LogP contribution is -2.33. The summed E-state index contributed by atoms with van der Waals surface area (Å²) < 4.78 is 38.7. The third kappa shape index (κ3) is 5.21. The molecule has 0 saturated carbocycles. The molecule has 0 fully saturated rings. The molecule has 1 aliphatic heterocycles. The van der Waals surface area contributed by atoms with E-state index in [1.54, 1.807) is 16.0 Å². The summed E-state index contributed by atoms with van der Waals surface area (Å²) in [6.07, 6.45) is -0.920. The average molecular weight is 458 g/mol. The Morgan fingerprint density at radius 1 is 1.00 bits per heavy atom. The van der Waals surface area contributed by atoms with Gasteiger partial charge in [0.2, 0.25) is 0 Å². The molecular weight excluding hydrogens is 437 g/mol. The summed E-state index contributed by atoms with van der Waals surface area (Å²) in [4.78, 5) is 42.1. The number of hydrogen-bond donors (Lipinski definition) is 2. The second-order valence-electron chi connectivity index (χ2n) is 7.86. The molecule has 2 heterocycles. The van der Waals surface area contributed by atoms with Gasteiger partial charge >= 0.3 is 6.18 Å². The summed E-state index contributed by atoms with van der Waals surface area (Å²) in [5.74, 6) is -0.693. The Balaban J connectivity index is 1.54. The number of halogens is 3. The van der Waals surface area contributed by atoms with Crippen molar-refractivity contribution in [2.45, 2.75) is 38.4 Å². The maximum Gasteiger partial charge on any atom is 0.405 e. The maximum absolute atomic E-state index is 12.8. The van der Waals surface area contributed by atoms with Crippen LogP contribution in [0.5, 0.6) is 0 Å². The summed E-state index contributed by atoms with van der Waals surface area (Å²) >= 11 is 0. The Hall–Kier alpha value is -3.69. The molecule has 10 heteroatoms. The SMILES string of the molecule is O=C(NCC(F)(F)F)c1cccc(NC(=O)c2ccc3c(=O)n4c(nc3c2)CCCCC4)c1. The average Bonchev–Trinajstić information content (AvgIpc) is 3.02. The van der Waals surface area contributed by atoms with Gasteiger partial charge in [0.05, 0.1) is 10.9 Å². The van der Waals surface area contributed by atoms with E-state index in [1.807, 2.05) is 0 Å². The number of nitrogens with zero attached hydrogens (tertiary/aromatic N) is 2. The quantitative estimate of drug-likeness (QED) is 0.624. The Labute approximate surface area is 186 Å². The Morgan fingerprint density at radius 3 is 2.58 bits per heavy atom. The molecule has 7 nitrogen and oxygen atoms in total. The molecule has 0 saturated heterocycles. The number of benzene rings is 2. The number of carbonyl (C=O) groups excluding carboxylic acids is 2. The topological polar surface area (TPSA) is 93.1 Å². The van der Waals surface area contributed by atoms with Gasteiger partial charge in [-0.2, -0.15) is 13.2 Å². The number of amides is 2. The van der Waals surface area contributed by atoms with E-state index in [0.29, 0.717) is 29.7 Å². The smallest absolute Gasteiger partial charge is 0.343 e. The summed E-state index contributed by atoms with van der Waals surface area (Å²) in [7, 11) is 0. The number of nitrogens with one attached hydrogen (secondary N) is 2. The van der Waals surface area contributed by atoms with Gasteiger partial charge in [-0.25, -0.2) is 4.98 Å². The summed E-state index contributed by atoms with van der Waals surface area (Å²) in [5, 5.41) is 4.85. The summed E-state index contributed by atoms with van der Waals surface area (Å²) in [5.41, 5.74) is 0.796. The number of anilines is 1. The molecule has 0 spiro atoms. The predicted molar refractivity (Wildman–Crippen MR) is 116 cm³/mol. The van der Waals surface area contributed by atoms with Crippen molar-refractivity contribution < 1.29 is 22.8 Å². The van der Waals surface area contributed by atoms with E-state index in [-0.39, 0.29) is 22.4 Å². The molecule has 3 aromatic rings. The molecule has 0 bridgehead atoms. The van der Waals surface area contributed by atoms with Gasteiger partial charge in [-0.05, 0) is 49.2 Å². The van der Waals surface area contributed by atoms with Gasteiger partial charge in [-0.15, -0.1) is 0 Å². The van der Waals surface area contributed by atoms with E-state index in [9.17, 15) is 27.6 Å². The molecule has 4 rings (SSSR count). The lowest BCUT2D eigenvalue weighted by Gasteiger charge is -2.12. The second kappa shape index (κ2) is 9.05. The zero-order chi connectivity index (χ0) is 23.6. The largest absolute Gasteiger partial charge is 0.405 e. The molecule has 1 aliphatic rings. The van der Waals surface area contributed by atoms with Gasteiger partial charge in [0.1, 0.15) is 12.4 Å². The minimum absolute atomic E-state index is 0.0204. The van der Waals surface area contributed by atoms with Crippen LogP contribution in [0.1, 0.15) is 45.8 Å². The second-order valence-corrected chi connectivity index (χ2v) is 7.86. The highest BCUT2D eigenvalue weighted by atomic mass is 19.4. The lowest BCUT2D eigenvalue weighted by molar-refractivity contribution is -0.123. The molecule has 2 N–H and O–H groups in total. The van der Waals surface area contributed by atoms with Crippen LogP contribution in [0.25, 0.3) is 10.9 Å². The first-order valence-electron chi connectivity index (χ1n) is 10.5. The molecule has 33 heavy (non-hydrogen) atoms. The number of carbonyl (C=O) groups is 2. The fourth-order valence-corrected chi connectivity index (χ4v) is 3.78. The van der Waals surface area contributed by atoms with Crippen LogP contribution >= 0.6 is 0 Å². The molecule has 0 radical (unpaired) electrons. The normalized spacial score (nSPS) is 13.8. The monoisotopic (exact) mass is 458 g/mol. The van der Waals surface area contributed by atoms with Crippen molar-refractivity contribution in [3.8, 4) is 0 Å². The van der Waals surface area contributed by atoms with Crippen LogP contribution in [-0.2, 0) is 13.0 Å². The first-order valence-corrected chi connectivity index (χ1v) is 10.5. The standard InChI is InChI=1S/C23H21F3N4O3/c24-23(25,26)13-27-20(31)14-5-4-6-16(11-14)28-21(32)15-8-9-17-18(12-15)29-19-7-2-1-3-10-30(19)22(17)33/h4-6,8-9,11-12H,1-3,7,10,13H2,(H,27,31)(H,28,32). The van der Waals surface area contributed by atoms with E-state index in [1.165, 1.54) is 36.4 Å². The van der Waals surface area contributed by atoms with Crippen LogP contribution in [0.15, 0.2) is 47.3 Å². The number of aromatic nitrogens is 2. The Bertz CT molecular complexity index is 1280.